The fourth-order valence-corrected chi connectivity index (χ4v) is 7.52. The number of ether oxygens (including phenoxy) is 1. The highest BCUT2D eigenvalue weighted by Gasteiger charge is 2.52. The van der Waals surface area contributed by atoms with Crippen LogP contribution in [0.1, 0.15) is 40.0 Å². The summed E-state index contributed by atoms with van der Waals surface area (Å²) in [5.74, 6) is -2.01. The van der Waals surface area contributed by atoms with Gasteiger partial charge in [-0.05, 0) is 61.4 Å². The van der Waals surface area contributed by atoms with Gasteiger partial charge in [0.1, 0.15) is 0 Å². The normalized spacial score (nSPS) is 21.9. The number of pyridine rings is 1. The maximum atomic E-state index is 13.6. The van der Waals surface area contributed by atoms with Gasteiger partial charge in [0.25, 0.3) is 0 Å². The number of benzene rings is 3. The Balaban J connectivity index is 1.28. The number of carbonyl (C=O) groups is 4. The minimum Gasteiger partial charge on any atom is -0.450 e. The number of aromatic nitrogens is 1. The zero-order chi connectivity index (χ0) is 31.8. The van der Waals surface area contributed by atoms with Gasteiger partial charge in [0.2, 0.25) is 17.6 Å². The quantitative estimate of drug-likeness (QED) is 0.0780. The van der Waals surface area contributed by atoms with E-state index in [-0.39, 0.29) is 57.0 Å². The number of para-hydroxylation sites is 1. The Bertz CT molecular complexity index is 1770. The van der Waals surface area contributed by atoms with Crippen LogP contribution in [0.2, 0.25) is 5.02 Å². The summed E-state index contributed by atoms with van der Waals surface area (Å²) in [5, 5.41) is 1.05. The SMILES string of the molecule is O=C(OC(CCCl)C(=O)c1ccc(Cl)cc1)c1cc(-c2ccc(N3C(=O)C4CC(Br)C(Br)CC4C3=O)cc2)nc2ccccc12. The van der Waals surface area contributed by atoms with Crippen LogP contribution in [-0.4, -0.2) is 50.2 Å². The van der Waals surface area contributed by atoms with Gasteiger partial charge in [-0.3, -0.25) is 19.3 Å². The van der Waals surface area contributed by atoms with Crippen molar-refractivity contribution in [2.45, 2.75) is 35.0 Å². The van der Waals surface area contributed by atoms with E-state index in [0.29, 0.717) is 51.3 Å². The summed E-state index contributed by atoms with van der Waals surface area (Å²) in [4.78, 5) is 59.7. The molecule has 3 aromatic carbocycles. The third kappa shape index (κ3) is 6.32. The number of anilines is 1. The second-order valence-corrected chi connectivity index (χ2v) is 14.3. The van der Waals surface area contributed by atoms with Crippen molar-refractivity contribution in [1.82, 2.24) is 4.98 Å². The lowest BCUT2D eigenvalue weighted by molar-refractivity contribution is -0.122. The fourth-order valence-electron chi connectivity index (χ4n) is 5.96. The molecule has 2 aliphatic rings. The van der Waals surface area contributed by atoms with Crippen LogP contribution < -0.4 is 4.90 Å². The molecule has 1 saturated heterocycles. The van der Waals surface area contributed by atoms with E-state index in [1.807, 2.05) is 6.07 Å². The average molecular weight is 773 g/mol. The molecule has 1 aliphatic carbocycles. The number of nitrogens with zero attached hydrogens (tertiary/aromatic N) is 2. The molecule has 11 heteroatoms. The Kier molecular flexibility index (Phi) is 9.43. The number of Topliss-reactive ketones (excluding diaryl/α,β-unsaturated/α-hetero) is 1. The maximum Gasteiger partial charge on any atom is 0.339 e. The number of amides is 2. The van der Waals surface area contributed by atoms with Gasteiger partial charge in [0, 0.05) is 43.5 Å². The molecule has 1 saturated carbocycles. The van der Waals surface area contributed by atoms with E-state index in [9.17, 15) is 19.2 Å². The summed E-state index contributed by atoms with van der Waals surface area (Å²) >= 11 is 19.2. The summed E-state index contributed by atoms with van der Waals surface area (Å²) in [6.45, 7) is 0. The van der Waals surface area contributed by atoms with Gasteiger partial charge < -0.3 is 4.74 Å². The van der Waals surface area contributed by atoms with E-state index in [1.54, 1.807) is 72.8 Å². The first-order valence-electron chi connectivity index (χ1n) is 14.4. The summed E-state index contributed by atoms with van der Waals surface area (Å²) in [6.07, 6.45) is 0.228. The minimum atomic E-state index is -1.09. The second kappa shape index (κ2) is 13.3. The Morgan fingerprint density at radius 2 is 1.53 bits per heavy atom. The highest BCUT2D eigenvalue weighted by atomic mass is 79.9. The summed E-state index contributed by atoms with van der Waals surface area (Å²) < 4.78 is 5.77. The highest BCUT2D eigenvalue weighted by Crippen LogP contribution is 2.44. The van der Waals surface area contributed by atoms with Crippen molar-refractivity contribution >= 4 is 95.2 Å². The highest BCUT2D eigenvalue weighted by molar-refractivity contribution is 9.12. The monoisotopic (exact) mass is 770 g/mol. The molecule has 45 heavy (non-hydrogen) atoms. The molecule has 2 heterocycles. The molecule has 0 radical (unpaired) electrons. The predicted octanol–water partition coefficient (Wildman–Crippen LogP) is 8.02. The van der Waals surface area contributed by atoms with Crippen LogP contribution in [0.25, 0.3) is 22.2 Å². The third-order valence-corrected chi connectivity index (χ3v) is 11.5. The molecule has 5 atom stereocenters. The number of imide groups is 1. The first-order chi connectivity index (χ1) is 21.7. The second-order valence-electron chi connectivity index (χ2n) is 11.1. The molecule has 4 aromatic rings. The number of carbonyl (C=O) groups excluding carboxylic acids is 4. The van der Waals surface area contributed by atoms with Crippen LogP contribution in [0.3, 0.4) is 0 Å². The van der Waals surface area contributed by atoms with Crippen molar-refractivity contribution < 1.29 is 23.9 Å². The van der Waals surface area contributed by atoms with Gasteiger partial charge in [0.15, 0.2) is 6.10 Å². The largest absolute Gasteiger partial charge is 0.450 e. The Labute approximate surface area is 286 Å². The number of hydrogen-bond donors (Lipinski definition) is 0. The van der Waals surface area contributed by atoms with Crippen LogP contribution in [0.5, 0.6) is 0 Å². The molecule has 230 valence electrons. The average Bonchev–Trinajstić information content (AvgIpc) is 3.28. The van der Waals surface area contributed by atoms with Crippen molar-refractivity contribution in [2.75, 3.05) is 10.8 Å². The lowest BCUT2D eigenvalue weighted by Crippen LogP contribution is -2.34. The number of hydrogen-bond acceptors (Lipinski definition) is 6. The zero-order valence-corrected chi connectivity index (χ0v) is 28.4. The van der Waals surface area contributed by atoms with E-state index in [1.165, 1.54) is 4.90 Å². The van der Waals surface area contributed by atoms with Gasteiger partial charge in [-0.15, -0.1) is 11.6 Å². The molecular formula is C34H26Br2Cl2N2O5. The van der Waals surface area contributed by atoms with Crippen LogP contribution in [0.4, 0.5) is 5.69 Å². The van der Waals surface area contributed by atoms with Crippen LogP contribution in [0, 0.1) is 11.8 Å². The van der Waals surface area contributed by atoms with Crippen molar-refractivity contribution in [1.29, 1.82) is 0 Å². The summed E-state index contributed by atoms with van der Waals surface area (Å²) in [7, 11) is 0. The number of halogens is 4. The van der Waals surface area contributed by atoms with E-state index in [4.69, 9.17) is 32.9 Å². The van der Waals surface area contributed by atoms with Gasteiger partial charge in [-0.2, -0.15) is 0 Å². The molecule has 1 aliphatic heterocycles. The molecular weight excluding hydrogens is 747 g/mol. The van der Waals surface area contributed by atoms with Crippen molar-refractivity contribution in [3.63, 3.8) is 0 Å². The lowest BCUT2D eigenvalue weighted by atomic mass is 9.81. The number of ketones is 1. The molecule has 6 rings (SSSR count). The van der Waals surface area contributed by atoms with Crippen LogP contribution in [0.15, 0.2) is 78.9 Å². The first kappa shape index (κ1) is 31.9. The fraction of sp³-hybridized carbons (Fsp3) is 0.265. The third-order valence-electron chi connectivity index (χ3n) is 8.31. The topological polar surface area (TPSA) is 93.6 Å². The number of alkyl halides is 3. The van der Waals surface area contributed by atoms with E-state index in [2.05, 4.69) is 31.9 Å². The molecule has 2 amide bonds. The van der Waals surface area contributed by atoms with Gasteiger partial charge in [-0.25, -0.2) is 9.78 Å². The van der Waals surface area contributed by atoms with Gasteiger partial charge >= 0.3 is 5.97 Å². The van der Waals surface area contributed by atoms with E-state index < -0.39 is 12.1 Å². The Hall–Kier alpha value is -3.11. The zero-order valence-electron chi connectivity index (χ0n) is 23.7. The first-order valence-corrected chi connectivity index (χ1v) is 17.1. The lowest BCUT2D eigenvalue weighted by Gasteiger charge is -2.29. The van der Waals surface area contributed by atoms with Gasteiger partial charge in [-0.1, -0.05) is 73.8 Å². The van der Waals surface area contributed by atoms with Crippen LogP contribution >= 0.6 is 55.1 Å². The van der Waals surface area contributed by atoms with Crippen LogP contribution in [-0.2, 0) is 14.3 Å². The molecule has 7 nitrogen and oxygen atoms in total. The van der Waals surface area contributed by atoms with E-state index >= 15 is 0 Å². The maximum absolute atomic E-state index is 13.6. The smallest absolute Gasteiger partial charge is 0.339 e. The molecule has 0 bridgehead atoms. The predicted molar refractivity (Wildman–Crippen MR) is 182 cm³/mol. The Morgan fingerprint density at radius 3 is 2.16 bits per heavy atom. The molecule has 5 unspecified atom stereocenters. The summed E-state index contributed by atoms with van der Waals surface area (Å²) in [6, 6.07) is 22.1. The molecule has 0 spiro atoms. The minimum absolute atomic E-state index is 0.114. The summed E-state index contributed by atoms with van der Waals surface area (Å²) in [5.41, 5.74) is 2.81. The van der Waals surface area contributed by atoms with E-state index in [0.717, 1.165) is 0 Å². The van der Waals surface area contributed by atoms with Gasteiger partial charge in [0.05, 0.1) is 34.3 Å². The van der Waals surface area contributed by atoms with Crippen molar-refractivity contribution in [2.24, 2.45) is 11.8 Å². The number of rotatable bonds is 8. The molecule has 0 N–H and O–H groups in total. The molecule has 2 fully saturated rings. The number of esters is 1. The standard InChI is InChI=1S/C34H26Br2Cl2N2O5/c35-26-15-23-24(16-27(26)36)33(43)40(32(23)42)21-11-7-18(8-12-21)29-17-25(22-3-1-2-4-28(22)39-29)34(44)45-30(13-14-37)31(41)19-5-9-20(38)10-6-19/h1-12,17,23-24,26-27,30H,13-16H2. The van der Waals surface area contributed by atoms with Crippen molar-refractivity contribution in [3.05, 3.63) is 95.0 Å². The molecule has 1 aromatic heterocycles. The number of fused-ring (bicyclic) bond motifs is 2. The Morgan fingerprint density at radius 1 is 0.911 bits per heavy atom. The van der Waals surface area contributed by atoms with Crippen molar-refractivity contribution in [3.8, 4) is 11.3 Å².